The molecule has 0 unspecified atom stereocenters. The number of aryl methyl sites for hydroxylation is 1. The molecule has 0 aromatic carbocycles. The second kappa shape index (κ2) is 4.49. The van der Waals surface area contributed by atoms with E-state index < -0.39 is 5.54 Å². The molecule has 5 nitrogen and oxygen atoms in total. The van der Waals surface area contributed by atoms with Crippen LogP contribution in [0.1, 0.15) is 44.1 Å². The van der Waals surface area contributed by atoms with E-state index in [2.05, 4.69) is 17.1 Å². The Morgan fingerprint density at radius 3 is 2.74 bits per heavy atom. The van der Waals surface area contributed by atoms with Gasteiger partial charge in [-0.05, 0) is 50.2 Å². The summed E-state index contributed by atoms with van der Waals surface area (Å²) in [7, 11) is 0. The van der Waals surface area contributed by atoms with Crippen LogP contribution in [0, 0.1) is 12.8 Å². The summed E-state index contributed by atoms with van der Waals surface area (Å²) in [6, 6.07) is 1.88. The van der Waals surface area contributed by atoms with E-state index in [1.54, 1.807) is 6.26 Å². The molecule has 0 amide bonds. The summed E-state index contributed by atoms with van der Waals surface area (Å²) in [6.45, 7) is 4.21. The molecule has 0 atom stereocenters. The second-order valence-corrected chi connectivity index (χ2v) is 5.69. The number of nitrogens with zero attached hydrogens (tertiary/aromatic N) is 2. The fourth-order valence-electron chi connectivity index (χ4n) is 2.61. The van der Waals surface area contributed by atoms with Crippen LogP contribution in [0.5, 0.6) is 0 Å². The molecule has 0 aliphatic heterocycles. The monoisotopic (exact) mass is 261 g/mol. The lowest BCUT2D eigenvalue weighted by molar-refractivity contribution is 0.190. The van der Waals surface area contributed by atoms with Gasteiger partial charge >= 0.3 is 0 Å². The van der Waals surface area contributed by atoms with E-state index >= 15 is 0 Å². The minimum Gasteiger partial charge on any atom is -0.461 e. The lowest BCUT2D eigenvalue weighted by Crippen LogP contribution is -2.40. The van der Waals surface area contributed by atoms with Gasteiger partial charge in [-0.1, -0.05) is 12.1 Å². The second-order valence-electron chi connectivity index (χ2n) is 5.69. The van der Waals surface area contributed by atoms with Crippen LogP contribution in [0.4, 0.5) is 0 Å². The third kappa shape index (κ3) is 2.18. The number of furan rings is 1. The normalized spacial score (nSPS) is 27.6. The third-order valence-electron chi connectivity index (χ3n) is 4.08. The fraction of sp³-hybridized carbons (Fsp3) is 0.571. The maximum atomic E-state index is 6.42. The Balaban J connectivity index is 1.87. The van der Waals surface area contributed by atoms with E-state index in [0.29, 0.717) is 17.5 Å². The van der Waals surface area contributed by atoms with Crippen molar-refractivity contribution in [1.29, 1.82) is 0 Å². The van der Waals surface area contributed by atoms with Crippen molar-refractivity contribution >= 4 is 0 Å². The molecule has 0 spiro atoms. The number of rotatable bonds is 2. The highest BCUT2D eigenvalue weighted by molar-refractivity contribution is 5.51. The molecule has 0 bridgehead atoms. The maximum absolute atomic E-state index is 6.42. The van der Waals surface area contributed by atoms with E-state index in [-0.39, 0.29) is 0 Å². The molecule has 3 rings (SSSR count). The molecule has 2 aromatic heterocycles. The number of aromatic nitrogens is 2. The first-order valence-corrected chi connectivity index (χ1v) is 6.76. The summed E-state index contributed by atoms with van der Waals surface area (Å²) < 4.78 is 10.8. The molecule has 2 heterocycles. The quantitative estimate of drug-likeness (QED) is 0.899. The van der Waals surface area contributed by atoms with Gasteiger partial charge in [-0.3, -0.25) is 0 Å². The van der Waals surface area contributed by atoms with Gasteiger partial charge in [0, 0.05) is 0 Å². The predicted molar refractivity (Wildman–Crippen MR) is 70.2 cm³/mol. The topological polar surface area (TPSA) is 78.1 Å². The van der Waals surface area contributed by atoms with Crippen LogP contribution in [0.25, 0.3) is 11.6 Å². The first kappa shape index (κ1) is 12.4. The van der Waals surface area contributed by atoms with Crippen LogP contribution in [-0.2, 0) is 5.54 Å². The fourth-order valence-corrected chi connectivity index (χ4v) is 2.61. The Labute approximate surface area is 112 Å². The molecule has 19 heavy (non-hydrogen) atoms. The predicted octanol–water partition coefficient (Wildman–Crippen LogP) is 3.00. The molecular weight excluding hydrogens is 242 g/mol. The Morgan fingerprint density at radius 2 is 2.11 bits per heavy atom. The van der Waals surface area contributed by atoms with Crippen molar-refractivity contribution in [2.75, 3.05) is 0 Å². The smallest absolute Gasteiger partial charge is 0.247 e. The average Bonchev–Trinajstić information content (AvgIpc) is 3.01. The van der Waals surface area contributed by atoms with Crippen molar-refractivity contribution in [2.24, 2.45) is 11.7 Å². The van der Waals surface area contributed by atoms with Crippen molar-refractivity contribution in [3.05, 3.63) is 23.8 Å². The molecular formula is C14H19N3O2. The molecule has 102 valence electrons. The van der Waals surface area contributed by atoms with Gasteiger partial charge in [0.1, 0.15) is 0 Å². The highest BCUT2D eigenvalue weighted by Crippen LogP contribution is 2.37. The molecule has 1 aliphatic carbocycles. The number of hydrogen-bond donors (Lipinski definition) is 1. The van der Waals surface area contributed by atoms with Crippen LogP contribution in [0.3, 0.4) is 0 Å². The Bertz CT molecular complexity index is 565. The van der Waals surface area contributed by atoms with Gasteiger partial charge in [0.15, 0.2) is 5.76 Å². The molecule has 2 N–H and O–H groups in total. The minimum absolute atomic E-state index is 0.474. The zero-order valence-electron chi connectivity index (χ0n) is 11.3. The van der Waals surface area contributed by atoms with E-state index in [1.807, 2.05) is 13.0 Å². The van der Waals surface area contributed by atoms with Crippen LogP contribution in [0.2, 0.25) is 0 Å². The molecule has 1 fully saturated rings. The summed E-state index contributed by atoms with van der Waals surface area (Å²) in [4.78, 5) is 4.44. The summed E-state index contributed by atoms with van der Waals surface area (Å²) >= 11 is 0. The number of hydrogen-bond acceptors (Lipinski definition) is 5. The van der Waals surface area contributed by atoms with Crippen molar-refractivity contribution in [3.63, 3.8) is 0 Å². The first-order chi connectivity index (χ1) is 9.08. The lowest BCUT2D eigenvalue weighted by atomic mass is 9.78. The van der Waals surface area contributed by atoms with Crippen molar-refractivity contribution < 1.29 is 8.94 Å². The van der Waals surface area contributed by atoms with Gasteiger partial charge in [-0.2, -0.15) is 4.98 Å². The van der Waals surface area contributed by atoms with Gasteiger partial charge in [0.05, 0.1) is 11.8 Å². The van der Waals surface area contributed by atoms with Gasteiger partial charge < -0.3 is 14.7 Å². The van der Waals surface area contributed by atoms with Gasteiger partial charge in [-0.25, -0.2) is 0 Å². The molecule has 5 heteroatoms. The number of nitrogens with two attached hydrogens (primary N) is 1. The van der Waals surface area contributed by atoms with E-state index in [0.717, 1.165) is 37.2 Å². The zero-order valence-corrected chi connectivity index (χ0v) is 11.3. The van der Waals surface area contributed by atoms with Crippen LogP contribution in [-0.4, -0.2) is 10.1 Å². The highest BCUT2D eigenvalue weighted by Gasteiger charge is 2.37. The highest BCUT2D eigenvalue weighted by atomic mass is 16.5. The van der Waals surface area contributed by atoms with E-state index in [1.165, 1.54) is 0 Å². The lowest BCUT2D eigenvalue weighted by Gasteiger charge is -2.32. The van der Waals surface area contributed by atoms with Gasteiger partial charge in [-0.15, -0.1) is 0 Å². The Morgan fingerprint density at radius 1 is 1.37 bits per heavy atom. The summed E-state index contributed by atoms with van der Waals surface area (Å²) in [6.07, 6.45) is 5.63. The molecule has 2 aromatic rings. The largest absolute Gasteiger partial charge is 0.461 e. The van der Waals surface area contributed by atoms with Crippen molar-refractivity contribution in [2.45, 2.75) is 45.1 Å². The van der Waals surface area contributed by atoms with E-state index in [4.69, 9.17) is 14.7 Å². The van der Waals surface area contributed by atoms with Crippen LogP contribution in [0.15, 0.2) is 21.3 Å². The Kier molecular flexibility index (Phi) is 2.93. The van der Waals surface area contributed by atoms with Crippen molar-refractivity contribution in [1.82, 2.24) is 10.1 Å². The Hall–Kier alpha value is -1.62. The molecule has 0 saturated heterocycles. The summed E-state index contributed by atoms with van der Waals surface area (Å²) in [5.74, 6) is 2.40. The van der Waals surface area contributed by atoms with Gasteiger partial charge in [0.25, 0.3) is 0 Å². The molecule has 1 saturated carbocycles. The zero-order chi connectivity index (χ0) is 13.5. The maximum Gasteiger partial charge on any atom is 0.247 e. The van der Waals surface area contributed by atoms with Gasteiger partial charge in [0.2, 0.25) is 11.7 Å². The SMILES string of the molecule is Cc1ccoc1-c1noc(C2(N)CCC(C)CC2)n1. The molecule has 1 aliphatic rings. The summed E-state index contributed by atoms with van der Waals surface area (Å²) in [5, 5.41) is 4.00. The van der Waals surface area contributed by atoms with Crippen LogP contribution < -0.4 is 5.73 Å². The standard InChI is InChI=1S/C14H19N3O2/c1-9-3-6-14(15,7-4-9)13-16-12(17-19-13)11-10(2)5-8-18-11/h5,8-9H,3-4,6-7,15H2,1-2H3. The van der Waals surface area contributed by atoms with Crippen molar-refractivity contribution in [3.8, 4) is 11.6 Å². The molecule has 0 radical (unpaired) electrons. The third-order valence-corrected chi connectivity index (χ3v) is 4.08. The van der Waals surface area contributed by atoms with Crippen LogP contribution >= 0.6 is 0 Å². The van der Waals surface area contributed by atoms with E-state index in [9.17, 15) is 0 Å². The first-order valence-electron chi connectivity index (χ1n) is 6.76. The average molecular weight is 261 g/mol. The summed E-state index contributed by atoms with van der Waals surface area (Å²) in [5.41, 5.74) is 6.94. The minimum atomic E-state index is -0.474.